The Balaban J connectivity index is 1.83. The van der Waals surface area contributed by atoms with E-state index in [9.17, 15) is 15.4 Å². The average molecular weight is 331 g/mol. The number of aliphatic hydroxyl groups is 2. The fraction of sp³-hybridized carbons (Fsp3) is 0.632. The Morgan fingerprint density at radius 2 is 1.96 bits per heavy atom. The van der Waals surface area contributed by atoms with Gasteiger partial charge in [0, 0.05) is 5.92 Å². The maximum Gasteiger partial charge on any atom is 0.121 e. The van der Waals surface area contributed by atoms with Gasteiger partial charge in [0.25, 0.3) is 0 Å². The molecule has 2 saturated carbocycles. The molecule has 0 bridgehead atoms. The van der Waals surface area contributed by atoms with Crippen molar-refractivity contribution in [3.63, 3.8) is 0 Å². The molecule has 0 radical (unpaired) electrons. The van der Waals surface area contributed by atoms with E-state index in [2.05, 4.69) is 12.1 Å². The molecule has 0 spiro atoms. The number of rotatable bonds is 1. The lowest BCUT2D eigenvalue weighted by molar-refractivity contribution is -0.00835. The normalized spacial score (nSPS) is 42.3. The molecule has 0 aromatic heterocycles. The summed E-state index contributed by atoms with van der Waals surface area (Å²) in [5.41, 5.74) is 2.21. The van der Waals surface area contributed by atoms with Crippen LogP contribution in [0.5, 0.6) is 5.75 Å². The minimum absolute atomic E-state index is 0.0122. The molecule has 130 valence electrons. The van der Waals surface area contributed by atoms with Gasteiger partial charge in [-0.3, -0.25) is 0 Å². The van der Waals surface area contributed by atoms with Gasteiger partial charge in [-0.15, -0.1) is 0 Å². The summed E-state index contributed by atoms with van der Waals surface area (Å²) in [4.78, 5) is 0. The summed E-state index contributed by atoms with van der Waals surface area (Å²) in [6.07, 6.45) is 2.37. The molecule has 5 nitrogen and oxygen atoms in total. The van der Waals surface area contributed by atoms with Gasteiger partial charge in [0.1, 0.15) is 11.9 Å². The number of aliphatic hydroxyl groups excluding tert-OH is 2. The van der Waals surface area contributed by atoms with E-state index in [4.69, 9.17) is 4.74 Å². The molecule has 0 heterocycles. The topological polar surface area (TPSA) is 82.3 Å². The number of oxime groups is 1. The summed E-state index contributed by atoms with van der Waals surface area (Å²) >= 11 is 0. The third-order valence-corrected chi connectivity index (χ3v) is 6.95. The van der Waals surface area contributed by atoms with Crippen LogP contribution in [0.4, 0.5) is 0 Å². The molecule has 1 aromatic carbocycles. The van der Waals surface area contributed by atoms with Crippen molar-refractivity contribution in [3.05, 3.63) is 29.3 Å². The van der Waals surface area contributed by atoms with Crippen LogP contribution in [0.1, 0.15) is 55.8 Å². The summed E-state index contributed by atoms with van der Waals surface area (Å²) in [5, 5.41) is 34.5. The molecule has 3 N–H and O–H groups in total. The standard InChI is InChI=1S/C19H25NO4/c1-19-8-7-12-11-4-3-10(24-2)9-13(11)18(22)17(20-23)16(12)14(19)5-6-15(19)21/h3-4,9,12,14-16,18,21-23H,5-8H2,1-2H3/b20-17-/t12-,14+,15+,16-,18-,19+/m1/s1. The molecule has 0 unspecified atom stereocenters. The molecule has 1 aromatic rings. The van der Waals surface area contributed by atoms with E-state index in [1.54, 1.807) is 7.11 Å². The van der Waals surface area contributed by atoms with Crippen LogP contribution in [0.15, 0.2) is 23.4 Å². The summed E-state index contributed by atoms with van der Waals surface area (Å²) < 4.78 is 5.29. The minimum atomic E-state index is -0.915. The number of methoxy groups -OCH3 is 1. The highest BCUT2D eigenvalue weighted by molar-refractivity contribution is 5.94. The fourth-order valence-corrected chi connectivity index (χ4v) is 5.59. The Morgan fingerprint density at radius 1 is 1.17 bits per heavy atom. The molecule has 24 heavy (non-hydrogen) atoms. The van der Waals surface area contributed by atoms with Crippen molar-refractivity contribution in [1.82, 2.24) is 0 Å². The number of fused-ring (bicyclic) bond motifs is 5. The summed E-state index contributed by atoms with van der Waals surface area (Å²) in [6.45, 7) is 2.15. The zero-order chi connectivity index (χ0) is 17.1. The van der Waals surface area contributed by atoms with E-state index in [0.29, 0.717) is 11.5 Å². The first-order valence-electron chi connectivity index (χ1n) is 8.77. The molecular formula is C19H25NO4. The maximum atomic E-state index is 10.8. The van der Waals surface area contributed by atoms with Gasteiger partial charge in [0.2, 0.25) is 0 Å². The first-order valence-corrected chi connectivity index (χ1v) is 8.77. The monoisotopic (exact) mass is 331 g/mol. The molecule has 2 fully saturated rings. The molecule has 0 amide bonds. The van der Waals surface area contributed by atoms with E-state index >= 15 is 0 Å². The Bertz CT molecular complexity index is 688. The second kappa shape index (κ2) is 5.46. The van der Waals surface area contributed by atoms with Gasteiger partial charge in [0.15, 0.2) is 0 Å². The lowest BCUT2D eigenvalue weighted by Crippen LogP contribution is -2.48. The van der Waals surface area contributed by atoms with Gasteiger partial charge in [-0.2, -0.15) is 0 Å². The van der Waals surface area contributed by atoms with Gasteiger partial charge < -0.3 is 20.2 Å². The third kappa shape index (κ3) is 1.97. The van der Waals surface area contributed by atoms with Gasteiger partial charge in [-0.1, -0.05) is 18.1 Å². The van der Waals surface area contributed by atoms with Crippen molar-refractivity contribution in [2.24, 2.45) is 22.4 Å². The smallest absolute Gasteiger partial charge is 0.121 e. The van der Waals surface area contributed by atoms with E-state index in [1.807, 2.05) is 18.2 Å². The van der Waals surface area contributed by atoms with E-state index in [0.717, 1.165) is 36.8 Å². The van der Waals surface area contributed by atoms with Gasteiger partial charge >= 0.3 is 0 Å². The lowest BCUT2D eigenvalue weighted by atomic mass is 9.54. The molecule has 5 heteroatoms. The van der Waals surface area contributed by atoms with Crippen molar-refractivity contribution in [1.29, 1.82) is 0 Å². The number of benzene rings is 1. The highest BCUT2D eigenvalue weighted by Crippen LogP contribution is 2.61. The van der Waals surface area contributed by atoms with Gasteiger partial charge in [-0.25, -0.2) is 0 Å². The predicted octanol–water partition coefficient (Wildman–Crippen LogP) is 2.84. The Morgan fingerprint density at radius 3 is 2.67 bits per heavy atom. The Hall–Kier alpha value is -1.59. The number of hydrogen-bond acceptors (Lipinski definition) is 5. The molecule has 0 aliphatic heterocycles. The quantitative estimate of drug-likeness (QED) is 0.546. The SMILES string of the molecule is COc1ccc2c(c1)[C@@H](O)/C(=N\O)[C@@H]1[C@@H]2CC[C@]2(C)[C@@H](O)CC[C@@H]12. The van der Waals surface area contributed by atoms with E-state index in [-0.39, 0.29) is 29.3 Å². The van der Waals surface area contributed by atoms with Crippen LogP contribution < -0.4 is 4.74 Å². The summed E-state index contributed by atoms with van der Waals surface area (Å²) in [7, 11) is 1.60. The zero-order valence-corrected chi connectivity index (χ0v) is 14.1. The molecule has 3 aliphatic carbocycles. The van der Waals surface area contributed by atoms with Gasteiger partial charge in [-0.05, 0) is 66.2 Å². The third-order valence-electron chi connectivity index (χ3n) is 6.95. The minimum Gasteiger partial charge on any atom is -0.497 e. The van der Waals surface area contributed by atoms with Crippen molar-refractivity contribution >= 4 is 5.71 Å². The zero-order valence-electron chi connectivity index (χ0n) is 14.1. The van der Waals surface area contributed by atoms with Crippen LogP contribution in [0.25, 0.3) is 0 Å². The number of ether oxygens (including phenoxy) is 1. The van der Waals surface area contributed by atoms with Crippen LogP contribution in [0.2, 0.25) is 0 Å². The van der Waals surface area contributed by atoms with Crippen molar-refractivity contribution in [3.8, 4) is 5.75 Å². The largest absolute Gasteiger partial charge is 0.497 e. The van der Waals surface area contributed by atoms with Crippen LogP contribution in [-0.4, -0.2) is 34.3 Å². The molecule has 6 atom stereocenters. The molecular weight excluding hydrogens is 306 g/mol. The van der Waals surface area contributed by atoms with Crippen LogP contribution >= 0.6 is 0 Å². The molecule has 0 saturated heterocycles. The molecule has 4 rings (SSSR count). The van der Waals surface area contributed by atoms with Crippen molar-refractivity contribution < 1.29 is 20.2 Å². The Labute approximate surface area is 142 Å². The van der Waals surface area contributed by atoms with Crippen LogP contribution in [0.3, 0.4) is 0 Å². The van der Waals surface area contributed by atoms with Crippen molar-refractivity contribution in [2.45, 2.75) is 50.7 Å². The molecule has 3 aliphatic rings. The van der Waals surface area contributed by atoms with E-state index < -0.39 is 6.10 Å². The number of nitrogens with zero attached hydrogens (tertiary/aromatic N) is 1. The average Bonchev–Trinajstić information content (AvgIpc) is 2.90. The highest BCUT2D eigenvalue weighted by Gasteiger charge is 2.57. The van der Waals surface area contributed by atoms with Crippen LogP contribution in [-0.2, 0) is 0 Å². The highest BCUT2D eigenvalue weighted by atomic mass is 16.5. The van der Waals surface area contributed by atoms with Gasteiger partial charge in [0.05, 0.1) is 18.9 Å². The fourth-order valence-electron chi connectivity index (χ4n) is 5.59. The summed E-state index contributed by atoms with van der Waals surface area (Å²) in [5.74, 6) is 1.15. The summed E-state index contributed by atoms with van der Waals surface area (Å²) in [6, 6.07) is 5.82. The Kier molecular flexibility index (Phi) is 3.62. The first-order chi connectivity index (χ1) is 11.5. The predicted molar refractivity (Wildman–Crippen MR) is 89.5 cm³/mol. The lowest BCUT2D eigenvalue weighted by Gasteiger charge is -2.50. The van der Waals surface area contributed by atoms with E-state index in [1.165, 1.54) is 0 Å². The second-order valence-corrected chi connectivity index (χ2v) is 7.80. The number of hydrogen-bond donors (Lipinski definition) is 3. The maximum absolute atomic E-state index is 10.8. The second-order valence-electron chi connectivity index (χ2n) is 7.80. The van der Waals surface area contributed by atoms with Crippen LogP contribution in [0, 0.1) is 17.3 Å². The van der Waals surface area contributed by atoms with Crippen molar-refractivity contribution in [2.75, 3.05) is 7.11 Å². The first kappa shape index (κ1) is 15.9.